The lowest BCUT2D eigenvalue weighted by Crippen LogP contribution is -2.12. The SMILES string of the molecule is O=C(Nc1ccccc1CCl)c1cnn2ccncc12. The number of nitrogens with one attached hydrogen (secondary N) is 1. The number of aromatic nitrogens is 3. The Morgan fingerprint density at radius 2 is 2.15 bits per heavy atom. The molecule has 0 bridgehead atoms. The first kappa shape index (κ1) is 12.6. The molecule has 0 atom stereocenters. The molecular formula is C14H11ClN4O. The fourth-order valence-electron chi connectivity index (χ4n) is 1.96. The highest BCUT2D eigenvalue weighted by atomic mass is 35.5. The Balaban J connectivity index is 1.93. The number of nitrogens with zero attached hydrogens (tertiary/aromatic N) is 3. The summed E-state index contributed by atoms with van der Waals surface area (Å²) < 4.78 is 1.61. The average Bonchev–Trinajstić information content (AvgIpc) is 2.92. The lowest BCUT2D eigenvalue weighted by Gasteiger charge is -2.08. The highest BCUT2D eigenvalue weighted by Gasteiger charge is 2.13. The van der Waals surface area contributed by atoms with Gasteiger partial charge in [-0.25, -0.2) is 4.52 Å². The van der Waals surface area contributed by atoms with E-state index in [9.17, 15) is 4.79 Å². The van der Waals surface area contributed by atoms with Crippen molar-refractivity contribution in [1.82, 2.24) is 14.6 Å². The van der Waals surface area contributed by atoms with Gasteiger partial charge in [-0.1, -0.05) is 18.2 Å². The number of alkyl halides is 1. The zero-order valence-corrected chi connectivity index (χ0v) is 11.2. The number of carbonyl (C=O) groups excluding carboxylic acids is 1. The smallest absolute Gasteiger partial charge is 0.259 e. The van der Waals surface area contributed by atoms with Crippen LogP contribution < -0.4 is 5.32 Å². The van der Waals surface area contributed by atoms with Crippen molar-refractivity contribution in [3.63, 3.8) is 0 Å². The Kier molecular flexibility index (Phi) is 3.35. The maximum atomic E-state index is 12.3. The molecular weight excluding hydrogens is 276 g/mol. The summed E-state index contributed by atoms with van der Waals surface area (Å²) in [6.45, 7) is 0. The van der Waals surface area contributed by atoms with Gasteiger partial charge in [0, 0.05) is 24.0 Å². The van der Waals surface area contributed by atoms with Gasteiger partial charge in [-0.2, -0.15) is 5.10 Å². The lowest BCUT2D eigenvalue weighted by molar-refractivity contribution is 0.102. The van der Waals surface area contributed by atoms with E-state index >= 15 is 0 Å². The van der Waals surface area contributed by atoms with Crippen molar-refractivity contribution in [1.29, 1.82) is 0 Å². The average molecular weight is 287 g/mol. The summed E-state index contributed by atoms with van der Waals surface area (Å²) in [5.41, 5.74) is 2.71. The quantitative estimate of drug-likeness (QED) is 0.753. The molecule has 0 aliphatic rings. The summed E-state index contributed by atoms with van der Waals surface area (Å²) >= 11 is 5.86. The molecule has 1 N–H and O–H groups in total. The number of rotatable bonds is 3. The molecule has 0 unspecified atom stereocenters. The molecule has 0 aliphatic heterocycles. The van der Waals surface area contributed by atoms with E-state index < -0.39 is 0 Å². The molecule has 6 heteroatoms. The van der Waals surface area contributed by atoms with Gasteiger partial charge in [-0.15, -0.1) is 11.6 Å². The van der Waals surface area contributed by atoms with Crippen LogP contribution in [0.2, 0.25) is 0 Å². The third-order valence-electron chi connectivity index (χ3n) is 2.98. The Hall–Kier alpha value is -2.40. The summed E-state index contributed by atoms with van der Waals surface area (Å²) in [5.74, 6) is 0.109. The molecule has 0 saturated heterocycles. The van der Waals surface area contributed by atoms with Crippen molar-refractivity contribution in [2.45, 2.75) is 5.88 Å². The van der Waals surface area contributed by atoms with Crippen LogP contribution in [-0.2, 0) is 5.88 Å². The third-order valence-corrected chi connectivity index (χ3v) is 3.27. The van der Waals surface area contributed by atoms with Crippen molar-refractivity contribution >= 4 is 28.7 Å². The van der Waals surface area contributed by atoms with Crippen molar-refractivity contribution in [2.24, 2.45) is 0 Å². The van der Waals surface area contributed by atoms with Gasteiger partial charge in [0.1, 0.15) is 0 Å². The second kappa shape index (κ2) is 5.30. The monoisotopic (exact) mass is 286 g/mol. The minimum Gasteiger partial charge on any atom is -0.322 e. The van der Waals surface area contributed by atoms with Gasteiger partial charge in [0.25, 0.3) is 5.91 Å². The normalized spacial score (nSPS) is 10.7. The molecule has 1 amide bonds. The Morgan fingerprint density at radius 1 is 1.30 bits per heavy atom. The summed E-state index contributed by atoms with van der Waals surface area (Å²) in [4.78, 5) is 16.3. The number of fused-ring (bicyclic) bond motifs is 1. The van der Waals surface area contributed by atoms with E-state index in [0.717, 1.165) is 5.56 Å². The predicted molar refractivity (Wildman–Crippen MR) is 76.9 cm³/mol. The summed E-state index contributed by atoms with van der Waals surface area (Å²) in [5, 5.41) is 6.97. The fourth-order valence-corrected chi connectivity index (χ4v) is 2.19. The van der Waals surface area contributed by atoms with Gasteiger partial charge < -0.3 is 5.32 Å². The Bertz CT molecular complexity index is 768. The molecule has 3 aromatic rings. The first-order chi connectivity index (χ1) is 9.79. The Labute approximate surface area is 120 Å². The highest BCUT2D eigenvalue weighted by molar-refractivity contribution is 6.18. The van der Waals surface area contributed by atoms with E-state index in [4.69, 9.17) is 11.6 Å². The van der Waals surface area contributed by atoms with E-state index in [1.54, 1.807) is 23.1 Å². The Morgan fingerprint density at radius 3 is 3.00 bits per heavy atom. The minimum absolute atomic E-state index is 0.231. The molecule has 3 rings (SSSR count). The van der Waals surface area contributed by atoms with Crippen LogP contribution in [0.25, 0.3) is 5.52 Å². The van der Waals surface area contributed by atoms with Crippen LogP contribution >= 0.6 is 11.6 Å². The molecule has 0 aliphatic carbocycles. The van der Waals surface area contributed by atoms with Crippen molar-refractivity contribution in [2.75, 3.05) is 5.32 Å². The van der Waals surface area contributed by atoms with Crippen molar-refractivity contribution in [3.8, 4) is 0 Å². The molecule has 0 spiro atoms. The predicted octanol–water partition coefficient (Wildman–Crippen LogP) is 2.72. The van der Waals surface area contributed by atoms with Crippen LogP contribution in [0.3, 0.4) is 0 Å². The van der Waals surface area contributed by atoms with Crippen molar-refractivity contribution < 1.29 is 4.79 Å². The molecule has 5 nitrogen and oxygen atoms in total. The topological polar surface area (TPSA) is 59.3 Å². The van der Waals surface area contributed by atoms with E-state index in [0.29, 0.717) is 22.6 Å². The van der Waals surface area contributed by atoms with Gasteiger partial charge in [0.15, 0.2) is 0 Å². The number of hydrogen-bond donors (Lipinski definition) is 1. The number of hydrogen-bond acceptors (Lipinski definition) is 3. The van der Waals surface area contributed by atoms with Crippen LogP contribution in [0.4, 0.5) is 5.69 Å². The molecule has 0 fully saturated rings. The maximum Gasteiger partial charge on any atom is 0.259 e. The van der Waals surface area contributed by atoms with Gasteiger partial charge in [-0.05, 0) is 11.6 Å². The van der Waals surface area contributed by atoms with Crippen LogP contribution in [0.15, 0.2) is 49.1 Å². The third kappa shape index (κ3) is 2.23. The van der Waals surface area contributed by atoms with E-state index in [1.165, 1.54) is 6.20 Å². The second-order valence-corrected chi connectivity index (χ2v) is 4.48. The largest absolute Gasteiger partial charge is 0.322 e. The number of para-hydroxylation sites is 1. The summed E-state index contributed by atoms with van der Waals surface area (Å²) in [6, 6.07) is 7.43. The minimum atomic E-state index is -0.231. The first-order valence-electron chi connectivity index (χ1n) is 6.02. The second-order valence-electron chi connectivity index (χ2n) is 4.21. The maximum absolute atomic E-state index is 12.3. The number of amides is 1. The van der Waals surface area contributed by atoms with Crippen LogP contribution in [0, 0.1) is 0 Å². The number of halogens is 1. The van der Waals surface area contributed by atoms with Crippen molar-refractivity contribution in [3.05, 3.63) is 60.2 Å². The molecule has 2 aromatic heterocycles. The molecule has 2 heterocycles. The lowest BCUT2D eigenvalue weighted by atomic mass is 10.2. The molecule has 0 radical (unpaired) electrons. The standard InChI is InChI=1S/C14H11ClN4O/c15-7-10-3-1-2-4-12(10)18-14(20)11-8-17-19-6-5-16-9-13(11)19/h1-6,8-9H,7H2,(H,18,20). The zero-order chi connectivity index (χ0) is 13.9. The van der Waals surface area contributed by atoms with E-state index in [2.05, 4.69) is 15.4 Å². The zero-order valence-electron chi connectivity index (χ0n) is 10.5. The van der Waals surface area contributed by atoms with Crippen LogP contribution in [0.1, 0.15) is 15.9 Å². The molecule has 100 valence electrons. The van der Waals surface area contributed by atoms with Crippen LogP contribution in [-0.4, -0.2) is 20.5 Å². The number of anilines is 1. The van der Waals surface area contributed by atoms with Gasteiger partial charge in [-0.3, -0.25) is 9.78 Å². The number of carbonyl (C=O) groups is 1. The fraction of sp³-hybridized carbons (Fsp3) is 0.0714. The van der Waals surface area contributed by atoms with E-state index in [1.807, 2.05) is 24.3 Å². The van der Waals surface area contributed by atoms with Gasteiger partial charge >= 0.3 is 0 Å². The summed E-state index contributed by atoms with van der Waals surface area (Å²) in [6.07, 6.45) is 6.44. The highest BCUT2D eigenvalue weighted by Crippen LogP contribution is 2.19. The molecule has 20 heavy (non-hydrogen) atoms. The molecule has 0 saturated carbocycles. The summed E-state index contributed by atoms with van der Waals surface area (Å²) in [7, 11) is 0. The van der Waals surface area contributed by atoms with Gasteiger partial charge in [0.2, 0.25) is 0 Å². The number of benzene rings is 1. The van der Waals surface area contributed by atoms with Gasteiger partial charge in [0.05, 0.1) is 23.5 Å². The van der Waals surface area contributed by atoms with E-state index in [-0.39, 0.29) is 5.91 Å². The first-order valence-corrected chi connectivity index (χ1v) is 6.55. The molecule has 1 aromatic carbocycles. The van der Waals surface area contributed by atoms with Crippen LogP contribution in [0.5, 0.6) is 0 Å².